The van der Waals surface area contributed by atoms with Crippen LogP contribution in [0, 0.1) is 6.57 Å². The molecule has 2 atom stereocenters. The maximum Gasteiger partial charge on any atom is 0.206 e. The quantitative estimate of drug-likeness (QED) is 0.517. The predicted molar refractivity (Wildman–Crippen MR) is 121 cm³/mol. The van der Waals surface area contributed by atoms with E-state index in [1.807, 2.05) is 36.4 Å². The van der Waals surface area contributed by atoms with Gasteiger partial charge < -0.3 is 15.2 Å². The summed E-state index contributed by atoms with van der Waals surface area (Å²) in [6, 6.07) is 26.6. The van der Waals surface area contributed by atoms with Crippen molar-refractivity contribution >= 4 is 22.7 Å². The molecule has 1 aliphatic rings. The molecule has 5 nitrogen and oxygen atoms in total. The zero-order valence-corrected chi connectivity index (χ0v) is 16.6. The smallest absolute Gasteiger partial charge is 0.206 e. The summed E-state index contributed by atoms with van der Waals surface area (Å²) in [5.74, 6) is 1.25. The molecule has 0 amide bonds. The van der Waals surface area contributed by atoms with Crippen LogP contribution in [0.5, 0.6) is 0 Å². The number of anilines is 1. The second-order valence-corrected chi connectivity index (χ2v) is 7.85. The second-order valence-electron chi connectivity index (χ2n) is 7.85. The Kier molecular flexibility index (Phi) is 4.70. The number of aromatic nitrogens is 2. The summed E-state index contributed by atoms with van der Waals surface area (Å²) in [7, 11) is 0. The van der Waals surface area contributed by atoms with Crippen LogP contribution < -0.4 is 10.6 Å². The Bertz CT molecular complexity index is 1200. The van der Waals surface area contributed by atoms with Gasteiger partial charge >= 0.3 is 0 Å². The molecule has 0 aliphatic carbocycles. The van der Waals surface area contributed by atoms with Gasteiger partial charge in [-0.2, -0.15) is 0 Å². The van der Waals surface area contributed by atoms with Crippen LogP contribution in [-0.4, -0.2) is 28.7 Å². The largest absolute Gasteiger partial charge is 0.340 e. The van der Waals surface area contributed by atoms with Crippen molar-refractivity contribution in [3.05, 3.63) is 101 Å². The monoisotopic (exact) mass is 393 g/mol. The average molecular weight is 393 g/mol. The van der Waals surface area contributed by atoms with Gasteiger partial charge in [-0.1, -0.05) is 66.7 Å². The zero-order valence-electron chi connectivity index (χ0n) is 16.6. The van der Waals surface area contributed by atoms with Gasteiger partial charge in [0, 0.05) is 25.0 Å². The van der Waals surface area contributed by atoms with Gasteiger partial charge in [-0.3, -0.25) is 0 Å². The Hall–Kier alpha value is -3.62. The van der Waals surface area contributed by atoms with Crippen LogP contribution in [0.25, 0.3) is 15.9 Å². The summed E-state index contributed by atoms with van der Waals surface area (Å²) >= 11 is 0. The summed E-state index contributed by atoms with van der Waals surface area (Å²) in [6.07, 6.45) is 0. The molecule has 1 aliphatic heterocycles. The van der Waals surface area contributed by atoms with Crippen molar-refractivity contribution in [2.24, 2.45) is 5.73 Å². The SMILES string of the molecule is [C-]#[N+]c1ccc(Cn2c(N3C[C@H](c4ccccc4)[C@@H](N)C3)nc3ccccc32)cc1. The number of rotatable bonds is 4. The maximum atomic E-state index is 7.17. The Labute approximate surface area is 176 Å². The highest BCUT2D eigenvalue weighted by Gasteiger charge is 2.33. The Morgan fingerprint density at radius 3 is 2.43 bits per heavy atom. The van der Waals surface area contributed by atoms with E-state index in [2.05, 4.69) is 56.8 Å². The van der Waals surface area contributed by atoms with Crippen molar-refractivity contribution in [1.82, 2.24) is 9.55 Å². The van der Waals surface area contributed by atoms with Gasteiger partial charge in [0.15, 0.2) is 5.69 Å². The number of hydrogen-bond donors (Lipinski definition) is 1. The van der Waals surface area contributed by atoms with Crippen LogP contribution in [0.3, 0.4) is 0 Å². The molecular formula is C25H23N5. The molecule has 0 radical (unpaired) electrons. The van der Waals surface area contributed by atoms with Gasteiger partial charge in [-0.05, 0) is 23.3 Å². The molecule has 3 aromatic carbocycles. The summed E-state index contributed by atoms with van der Waals surface area (Å²) in [5.41, 5.74) is 11.7. The maximum absolute atomic E-state index is 7.17. The van der Waals surface area contributed by atoms with Crippen LogP contribution >= 0.6 is 0 Å². The molecule has 0 saturated carbocycles. The van der Waals surface area contributed by atoms with E-state index in [0.29, 0.717) is 12.2 Å². The summed E-state index contributed by atoms with van der Waals surface area (Å²) < 4.78 is 2.27. The lowest BCUT2D eigenvalue weighted by atomic mass is 9.95. The fourth-order valence-electron chi connectivity index (χ4n) is 4.36. The van der Waals surface area contributed by atoms with Gasteiger partial charge in [-0.15, -0.1) is 0 Å². The topological polar surface area (TPSA) is 51.4 Å². The van der Waals surface area contributed by atoms with Crippen LogP contribution in [0.2, 0.25) is 0 Å². The first-order valence-electron chi connectivity index (χ1n) is 10.2. The van der Waals surface area contributed by atoms with Gasteiger partial charge in [-0.25, -0.2) is 9.83 Å². The third kappa shape index (κ3) is 3.32. The molecule has 30 heavy (non-hydrogen) atoms. The standard InChI is InChI=1S/C25H23N5/c1-27-20-13-11-18(12-14-20)15-30-24-10-6-5-9-23(24)28-25(30)29-16-21(22(26)17-29)19-7-3-2-4-8-19/h2-14,21-22H,15-17,26H2/t21-,22+/m1/s1. The van der Waals surface area contributed by atoms with Crippen LogP contribution in [0.4, 0.5) is 11.6 Å². The highest BCUT2D eigenvalue weighted by atomic mass is 15.3. The third-order valence-corrected chi connectivity index (χ3v) is 5.92. The minimum Gasteiger partial charge on any atom is -0.340 e. The number of imidazole rings is 1. The lowest BCUT2D eigenvalue weighted by molar-refractivity contribution is 0.653. The Balaban J connectivity index is 1.51. The Morgan fingerprint density at radius 2 is 1.67 bits per heavy atom. The number of fused-ring (bicyclic) bond motifs is 1. The summed E-state index contributed by atoms with van der Waals surface area (Å²) in [6.45, 7) is 9.50. The van der Waals surface area contributed by atoms with Gasteiger partial charge in [0.25, 0.3) is 0 Å². The van der Waals surface area contributed by atoms with Gasteiger partial charge in [0.2, 0.25) is 5.95 Å². The first kappa shape index (κ1) is 18.4. The zero-order chi connectivity index (χ0) is 20.5. The molecule has 0 bridgehead atoms. The minimum absolute atomic E-state index is 0.0682. The van der Waals surface area contributed by atoms with E-state index < -0.39 is 0 Å². The molecular weight excluding hydrogens is 370 g/mol. The van der Waals surface area contributed by atoms with E-state index in [1.165, 1.54) is 5.56 Å². The number of hydrogen-bond acceptors (Lipinski definition) is 3. The molecule has 5 rings (SSSR count). The predicted octanol–water partition coefficient (Wildman–Crippen LogP) is 4.57. The first-order chi connectivity index (χ1) is 14.7. The van der Waals surface area contributed by atoms with Crippen molar-refractivity contribution in [2.75, 3.05) is 18.0 Å². The lowest BCUT2D eigenvalue weighted by Gasteiger charge is -2.20. The van der Waals surface area contributed by atoms with Crippen LogP contribution in [0.15, 0.2) is 78.9 Å². The van der Waals surface area contributed by atoms with E-state index in [9.17, 15) is 0 Å². The van der Waals surface area contributed by atoms with Crippen molar-refractivity contribution in [3.8, 4) is 0 Å². The molecule has 1 fully saturated rings. The lowest BCUT2D eigenvalue weighted by Crippen LogP contribution is -2.29. The molecule has 5 heteroatoms. The molecule has 0 spiro atoms. The molecule has 2 N–H and O–H groups in total. The highest BCUT2D eigenvalue weighted by molar-refractivity contribution is 5.79. The Morgan fingerprint density at radius 1 is 0.933 bits per heavy atom. The van der Waals surface area contributed by atoms with E-state index in [-0.39, 0.29) is 12.0 Å². The molecule has 148 valence electrons. The summed E-state index contributed by atoms with van der Waals surface area (Å²) in [5, 5.41) is 0. The van der Waals surface area contributed by atoms with Gasteiger partial charge in [0.1, 0.15) is 0 Å². The summed E-state index contributed by atoms with van der Waals surface area (Å²) in [4.78, 5) is 10.8. The van der Waals surface area contributed by atoms with E-state index in [1.54, 1.807) is 0 Å². The molecule has 4 aromatic rings. The normalized spacial score (nSPS) is 18.6. The molecule has 2 heterocycles. The first-order valence-corrected chi connectivity index (χ1v) is 10.2. The molecule has 1 aromatic heterocycles. The molecule has 1 saturated heterocycles. The number of nitrogens with two attached hydrogens (primary N) is 1. The van der Waals surface area contributed by atoms with Crippen molar-refractivity contribution in [3.63, 3.8) is 0 Å². The second kappa shape index (κ2) is 7.66. The fraction of sp³-hybridized carbons (Fsp3) is 0.200. The van der Waals surface area contributed by atoms with Crippen LogP contribution in [-0.2, 0) is 6.54 Å². The van der Waals surface area contributed by atoms with Gasteiger partial charge in [0.05, 0.1) is 24.2 Å². The van der Waals surface area contributed by atoms with E-state index in [0.717, 1.165) is 35.6 Å². The average Bonchev–Trinajstić information content (AvgIpc) is 3.35. The van der Waals surface area contributed by atoms with Crippen molar-refractivity contribution in [2.45, 2.75) is 18.5 Å². The third-order valence-electron chi connectivity index (χ3n) is 5.92. The highest BCUT2D eigenvalue weighted by Crippen LogP contribution is 2.32. The van der Waals surface area contributed by atoms with E-state index >= 15 is 0 Å². The van der Waals surface area contributed by atoms with Crippen molar-refractivity contribution < 1.29 is 0 Å². The number of para-hydroxylation sites is 2. The number of benzene rings is 3. The number of nitrogens with zero attached hydrogens (tertiary/aromatic N) is 4. The van der Waals surface area contributed by atoms with Crippen LogP contribution in [0.1, 0.15) is 17.0 Å². The van der Waals surface area contributed by atoms with E-state index in [4.69, 9.17) is 17.3 Å². The minimum atomic E-state index is 0.0682. The molecule has 0 unspecified atom stereocenters. The van der Waals surface area contributed by atoms with Crippen molar-refractivity contribution in [1.29, 1.82) is 0 Å². The fourth-order valence-corrected chi connectivity index (χ4v) is 4.36.